The molecule has 1 aromatic rings. The van der Waals surface area contributed by atoms with Gasteiger partial charge in [-0.25, -0.2) is 0 Å². The molecule has 5 nitrogen and oxygen atoms in total. The first-order valence-corrected chi connectivity index (χ1v) is 7.82. The molecule has 0 spiro atoms. The maximum atomic E-state index is 12.5. The molecule has 0 aromatic heterocycles. The molecule has 3 atom stereocenters. The average molecular weight is 305 g/mol. The molecule has 2 fully saturated rings. The van der Waals surface area contributed by atoms with Gasteiger partial charge in [-0.1, -0.05) is 17.7 Å². The van der Waals surface area contributed by atoms with Crippen LogP contribution in [0.15, 0.2) is 24.3 Å². The normalized spacial score (nSPS) is 27.5. The van der Waals surface area contributed by atoms with E-state index in [2.05, 4.69) is 0 Å². The fourth-order valence-electron chi connectivity index (χ4n) is 3.34. The van der Waals surface area contributed by atoms with E-state index in [1.165, 1.54) is 5.56 Å². The minimum atomic E-state index is 0.00192. The van der Waals surface area contributed by atoms with Gasteiger partial charge >= 0.3 is 0 Å². The number of fused-ring (bicyclic) bond motifs is 1. The second-order valence-electron chi connectivity index (χ2n) is 5.94. The Bertz CT molecular complexity index is 516. The summed E-state index contributed by atoms with van der Waals surface area (Å²) in [5.41, 5.74) is 1.17. The third-order valence-corrected chi connectivity index (χ3v) is 4.54. The third-order valence-electron chi connectivity index (χ3n) is 4.54. The lowest BCUT2D eigenvalue weighted by Gasteiger charge is -2.38. The number of amides is 1. The van der Waals surface area contributed by atoms with Crippen molar-refractivity contribution in [2.45, 2.75) is 38.0 Å². The average Bonchev–Trinajstić information content (AvgIpc) is 2.97. The van der Waals surface area contributed by atoms with Crippen molar-refractivity contribution in [2.75, 3.05) is 26.9 Å². The Hall–Kier alpha value is -1.59. The van der Waals surface area contributed by atoms with Gasteiger partial charge in [0.15, 0.2) is 6.61 Å². The fraction of sp³-hybridized carbons (Fsp3) is 0.588. The summed E-state index contributed by atoms with van der Waals surface area (Å²) in [4.78, 5) is 14.4. The van der Waals surface area contributed by atoms with Crippen molar-refractivity contribution < 1.29 is 19.0 Å². The molecule has 1 saturated heterocycles. The summed E-state index contributed by atoms with van der Waals surface area (Å²) in [7, 11) is 1.71. The van der Waals surface area contributed by atoms with Gasteiger partial charge in [-0.05, 0) is 31.9 Å². The lowest BCUT2D eigenvalue weighted by Crippen LogP contribution is -2.54. The summed E-state index contributed by atoms with van der Waals surface area (Å²) in [6.07, 6.45) is 1.97. The summed E-state index contributed by atoms with van der Waals surface area (Å²) in [6.45, 7) is 3.30. The molecule has 1 aliphatic heterocycles. The molecule has 0 unspecified atom stereocenters. The Morgan fingerprint density at radius 3 is 2.82 bits per heavy atom. The first-order chi connectivity index (χ1) is 10.7. The Balaban J connectivity index is 1.58. The molecule has 1 saturated carbocycles. The van der Waals surface area contributed by atoms with Gasteiger partial charge in [0.2, 0.25) is 0 Å². The van der Waals surface area contributed by atoms with Crippen LogP contribution >= 0.6 is 0 Å². The number of benzene rings is 1. The number of nitrogens with zero attached hydrogens (tertiary/aromatic N) is 1. The molecule has 5 heteroatoms. The predicted molar refractivity (Wildman–Crippen MR) is 81.9 cm³/mol. The van der Waals surface area contributed by atoms with Crippen LogP contribution in [-0.4, -0.2) is 55.9 Å². The summed E-state index contributed by atoms with van der Waals surface area (Å²) >= 11 is 0. The Morgan fingerprint density at radius 1 is 1.32 bits per heavy atom. The van der Waals surface area contributed by atoms with Crippen LogP contribution in [0.2, 0.25) is 0 Å². The highest BCUT2D eigenvalue weighted by atomic mass is 16.5. The quantitative estimate of drug-likeness (QED) is 0.851. The van der Waals surface area contributed by atoms with Crippen molar-refractivity contribution in [1.82, 2.24) is 4.90 Å². The molecule has 1 heterocycles. The van der Waals surface area contributed by atoms with Crippen molar-refractivity contribution >= 4 is 5.91 Å². The highest BCUT2D eigenvalue weighted by Crippen LogP contribution is 2.31. The molecule has 3 rings (SSSR count). The molecule has 120 valence electrons. The van der Waals surface area contributed by atoms with Crippen molar-refractivity contribution in [3.8, 4) is 5.75 Å². The number of morpholine rings is 1. The van der Waals surface area contributed by atoms with Gasteiger partial charge in [-0.3, -0.25) is 4.79 Å². The summed E-state index contributed by atoms with van der Waals surface area (Å²) in [5, 5.41) is 0. The number of ether oxygens (including phenoxy) is 3. The van der Waals surface area contributed by atoms with Crippen LogP contribution in [0.5, 0.6) is 5.75 Å². The molecule has 2 aliphatic rings. The number of methoxy groups -OCH3 is 1. The molecule has 1 amide bonds. The molecule has 0 bridgehead atoms. The van der Waals surface area contributed by atoms with Gasteiger partial charge in [0.05, 0.1) is 18.8 Å². The predicted octanol–water partition coefficient (Wildman–Crippen LogP) is 1.78. The number of rotatable bonds is 4. The lowest BCUT2D eigenvalue weighted by molar-refractivity contribution is -0.151. The van der Waals surface area contributed by atoms with Crippen LogP contribution in [0.1, 0.15) is 18.4 Å². The molecule has 0 radical (unpaired) electrons. The van der Waals surface area contributed by atoms with Crippen LogP contribution < -0.4 is 4.74 Å². The summed E-state index contributed by atoms with van der Waals surface area (Å²) in [6, 6.07) is 7.85. The summed E-state index contributed by atoms with van der Waals surface area (Å²) in [5.74, 6) is 0.751. The zero-order valence-corrected chi connectivity index (χ0v) is 13.2. The van der Waals surface area contributed by atoms with Gasteiger partial charge < -0.3 is 19.1 Å². The van der Waals surface area contributed by atoms with E-state index < -0.39 is 0 Å². The van der Waals surface area contributed by atoms with E-state index in [0.29, 0.717) is 13.2 Å². The second-order valence-corrected chi connectivity index (χ2v) is 5.94. The van der Waals surface area contributed by atoms with E-state index in [9.17, 15) is 4.79 Å². The molecule has 1 aliphatic carbocycles. The van der Waals surface area contributed by atoms with Gasteiger partial charge in [-0.15, -0.1) is 0 Å². The minimum absolute atomic E-state index is 0.00192. The third kappa shape index (κ3) is 3.10. The minimum Gasteiger partial charge on any atom is -0.484 e. The Labute approximate surface area is 131 Å². The standard InChI is InChI=1S/C17H23NO4/c1-12-3-5-13(6-4-12)22-11-16(19)18-9-10-21-17-14(18)7-8-15(17)20-2/h3-6,14-15,17H,7-11H2,1-2H3/t14-,15+,17+/m1/s1. The van der Waals surface area contributed by atoms with Crippen LogP contribution in [0.25, 0.3) is 0 Å². The van der Waals surface area contributed by atoms with E-state index in [1.807, 2.05) is 36.1 Å². The number of hydrogen-bond acceptors (Lipinski definition) is 4. The smallest absolute Gasteiger partial charge is 0.260 e. The van der Waals surface area contributed by atoms with Crippen molar-refractivity contribution in [3.63, 3.8) is 0 Å². The van der Waals surface area contributed by atoms with Crippen molar-refractivity contribution in [3.05, 3.63) is 29.8 Å². The number of carbonyl (C=O) groups excluding carboxylic acids is 1. The zero-order chi connectivity index (χ0) is 15.5. The molecule has 22 heavy (non-hydrogen) atoms. The maximum absolute atomic E-state index is 12.5. The van der Waals surface area contributed by atoms with E-state index in [0.717, 1.165) is 18.6 Å². The molecule has 1 aromatic carbocycles. The fourth-order valence-corrected chi connectivity index (χ4v) is 3.34. The van der Waals surface area contributed by atoms with E-state index >= 15 is 0 Å². The molecular weight excluding hydrogens is 282 g/mol. The number of carbonyl (C=O) groups is 1. The van der Waals surface area contributed by atoms with Gasteiger partial charge in [0.25, 0.3) is 5.91 Å². The first kappa shape index (κ1) is 15.3. The van der Waals surface area contributed by atoms with Crippen molar-refractivity contribution in [2.24, 2.45) is 0 Å². The second kappa shape index (κ2) is 6.67. The van der Waals surface area contributed by atoms with E-state index in [4.69, 9.17) is 14.2 Å². The zero-order valence-electron chi connectivity index (χ0n) is 13.2. The van der Waals surface area contributed by atoms with E-state index in [1.54, 1.807) is 7.11 Å². The number of aryl methyl sites for hydroxylation is 1. The van der Waals surface area contributed by atoms with Gasteiger partial charge in [0, 0.05) is 13.7 Å². The summed E-state index contributed by atoms with van der Waals surface area (Å²) < 4.78 is 16.9. The van der Waals surface area contributed by atoms with Crippen LogP contribution in [-0.2, 0) is 14.3 Å². The van der Waals surface area contributed by atoms with Crippen LogP contribution in [0.4, 0.5) is 0 Å². The SMILES string of the molecule is CO[C@H]1CC[C@@H]2[C@@H]1OCCN2C(=O)COc1ccc(C)cc1. The maximum Gasteiger partial charge on any atom is 0.260 e. The first-order valence-electron chi connectivity index (χ1n) is 7.82. The van der Waals surface area contributed by atoms with Crippen molar-refractivity contribution in [1.29, 1.82) is 0 Å². The largest absolute Gasteiger partial charge is 0.484 e. The highest BCUT2D eigenvalue weighted by Gasteiger charge is 2.44. The van der Waals surface area contributed by atoms with E-state index in [-0.39, 0.29) is 30.8 Å². The van der Waals surface area contributed by atoms with Gasteiger partial charge in [0.1, 0.15) is 11.9 Å². The lowest BCUT2D eigenvalue weighted by atomic mass is 10.1. The Kier molecular flexibility index (Phi) is 4.64. The Morgan fingerprint density at radius 2 is 2.09 bits per heavy atom. The van der Waals surface area contributed by atoms with Crippen LogP contribution in [0, 0.1) is 6.92 Å². The molecular formula is C17H23NO4. The van der Waals surface area contributed by atoms with Gasteiger partial charge in [-0.2, -0.15) is 0 Å². The number of hydrogen-bond donors (Lipinski definition) is 0. The topological polar surface area (TPSA) is 48.0 Å². The highest BCUT2D eigenvalue weighted by molar-refractivity contribution is 5.78. The monoisotopic (exact) mass is 305 g/mol. The van der Waals surface area contributed by atoms with Crippen LogP contribution in [0.3, 0.4) is 0 Å². The molecule has 0 N–H and O–H groups in total.